The number of hydrogen-bond acceptors (Lipinski definition) is 8. The summed E-state index contributed by atoms with van der Waals surface area (Å²) in [5.41, 5.74) is 3.61. The molecule has 2 heterocycles. The molecule has 1 aliphatic heterocycles. The predicted molar refractivity (Wildman–Crippen MR) is 203 cm³/mol. The number of ether oxygens (including phenoxy) is 4. The van der Waals surface area contributed by atoms with Crippen LogP contribution in [0.5, 0.6) is 17.2 Å². The smallest absolute Gasteiger partial charge is 0.338 e. The summed E-state index contributed by atoms with van der Waals surface area (Å²) in [6.07, 6.45) is 1.80. The first-order valence-corrected chi connectivity index (χ1v) is 17.9. The molecule has 10 heteroatoms. The second-order valence-corrected chi connectivity index (χ2v) is 13.5. The van der Waals surface area contributed by atoms with Crippen molar-refractivity contribution in [2.75, 3.05) is 20.8 Å². The molecule has 0 radical (unpaired) electrons. The second kappa shape index (κ2) is 14.8. The molecule has 0 N–H and O–H groups in total. The molecule has 6 aromatic rings. The maximum atomic E-state index is 14.4. The molecule has 5 aromatic carbocycles. The van der Waals surface area contributed by atoms with Gasteiger partial charge in [-0.05, 0) is 80.7 Å². The zero-order valence-corrected chi connectivity index (χ0v) is 30.5. The minimum absolute atomic E-state index is 0.165. The van der Waals surface area contributed by atoms with Crippen LogP contribution in [-0.2, 0) is 16.1 Å². The van der Waals surface area contributed by atoms with E-state index in [9.17, 15) is 9.59 Å². The Hall–Kier alpha value is -5.45. The number of carbonyl (C=O) groups excluding carboxylic acids is 1. The lowest BCUT2D eigenvalue weighted by atomic mass is 9.93. The third kappa shape index (κ3) is 6.72. The molecule has 1 atom stereocenters. The highest BCUT2D eigenvalue weighted by Crippen LogP contribution is 2.39. The fourth-order valence-electron chi connectivity index (χ4n) is 6.25. The number of carbonyl (C=O) groups is 1. The molecule has 0 saturated carbocycles. The zero-order valence-electron chi connectivity index (χ0n) is 28.1. The van der Waals surface area contributed by atoms with Crippen LogP contribution in [-0.4, -0.2) is 31.4 Å². The number of hydrogen-bond donors (Lipinski definition) is 0. The van der Waals surface area contributed by atoms with E-state index in [1.807, 2.05) is 91.0 Å². The normalized spacial score (nSPS) is 14.2. The molecule has 0 saturated heterocycles. The topological polar surface area (TPSA) is 88.4 Å². The summed E-state index contributed by atoms with van der Waals surface area (Å²) in [4.78, 5) is 33.6. The van der Waals surface area contributed by atoms with Crippen LogP contribution >= 0.6 is 27.3 Å². The van der Waals surface area contributed by atoms with Crippen molar-refractivity contribution in [1.82, 2.24) is 4.57 Å². The number of thiazole rings is 1. The van der Waals surface area contributed by atoms with Crippen LogP contribution < -0.4 is 29.1 Å². The fraction of sp³-hybridized carbons (Fsp3) is 0.146. The van der Waals surface area contributed by atoms with E-state index in [2.05, 4.69) is 34.1 Å². The lowest BCUT2D eigenvalue weighted by Gasteiger charge is -2.26. The highest BCUT2D eigenvalue weighted by molar-refractivity contribution is 9.10. The quantitative estimate of drug-likeness (QED) is 0.135. The van der Waals surface area contributed by atoms with Crippen LogP contribution in [0, 0.1) is 0 Å². The molecule has 0 bridgehead atoms. The van der Waals surface area contributed by atoms with E-state index in [0.717, 1.165) is 21.9 Å². The summed E-state index contributed by atoms with van der Waals surface area (Å²) >= 11 is 4.93. The van der Waals surface area contributed by atoms with Gasteiger partial charge in [-0.3, -0.25) is 9.36 Å². The molecule has 0 aliphatic carbocycles. The van der Waals surface area contributed by atoms with E-state index >= 15 is 0 Å². The third-order valence-corrected chi connectivity index (χ3v) is 10.2. The van der Waals surface area contributed by atoms with Crippen LogP contribution in [0.25, 0.3) is 22.5 Å². The first kappa shape index (κ1) is 34.0. The van der Waals surface area contributed by atoms with Crippen molar-refractivity contribution in [3.05, 3.63) is 161 Å². The van der Waals surface area contributed by atoms with Gasteiger partial charge in [-0.15, -0.1) is 0 Å². The largest absolute Gasteiger partial charge is 0.497 e. The Bertz CT molecular complexity index is 2480. The summed E-state index contributed by atoms with van der Waals surface area (Å²) in [7, 11) is 3.16. The number of nitrogens with zero attached hydrogens (tertiary/aromatic N) is 2. The maximum absolute atomic E-state index is 14.4. The van der Waals surface area contributed by atoms with Gasteiger partial charge < -0.3 is 18.9 Å². The SMILES string of the molecule is CCOC(=O)C1=C(c2ccccc2)N=c2s/c(=C\c3cc(Br)c(OCc4cccc5ccccc45)c(OC)c3)c(=O)n2[C@@H]1c1cccc(OC)c1. The molecule has 0 fully saturated rings. The molecule has 7 rings (SSSR count). The molecule has 1 aliphatic rings. The Morgan fingerprint density at radius 3 is 2.47 bits per heavy atom. The van der Waals surface area contributed by atoms with Crippen molar-refractivity contribution < 1.29 is 23.7 Å². The van der Waals surface area contributed by atoms with Crippen molar-refractivity contribution in [3.8, 4) is 17.2 Å². The molecule has 8 nitrogen and oxygen atoms in total. The van der Waals surface area contributed by atoms with E-state index in [-0.39, 0.29) is 17.7 Å². The molecular weight excluding hydrogens is 728 g/mol. The monoisotopic (exact) mass is 760 g/mol. The van der Waals surface area contributed by atoms with Gasteiger partial charge in [0.15, 0.2) is 16.3 Å². The van der Waals surface area contributed by atoms with Gasteiger partial charge >= 0.3 is 5.97 Å². The lowest BCUT2D eigenvalue weighted by Crippen LogP contribution is -2.40. The average Bonchev–Trinajstić information content (AvgIpc) is 3.47. The van der Waals surface area contributed by atoms with Crippen LogP contribution in [0.1, 0.15) is 35.2 Å². The van der Waals surface area contributed by atoms with Crippen molar-refractivity contribution in [2.24, 2.45) is 4.99 Å². The van der Waals surface area contributed by atoms with Crippen LogP contribution in [0.3, 0.4) is 0 Å². The summed E-state index contributed by atoms with van der Waals surface area (Å²) in [5.74, 6) is 1.10. The van der Waals surface area contributed by atoms with Gasteiger partial charge in [-0.25, -0.2) is 9.79 Å². The third-order valence-electron chi connectivity index (χ3n) is 8.58. The van der Waals surface area contributed by atoms with E-state index in [1.165, 1.54) is 11.3 Å². The number of esters is 1. The van der Waals surface area contributed by atoms with E-state index < -0.39 is 12.0 Å². The predicted octanol–water partition coefficient (Wildman–Crippen LogP) is 7.45. The highest BCUT2D eigenvalue weighted by atomic mass is 79.9. The molecule has 51 heavy (non-hydrogen) atoms. The number of aromatic nitrogens is 1. The molecule has 0 spiro atoms. The van der Waals surface area contributed by atoms with Crippen molar-refractivity contribution >= 4 is 55.8 Å². The number of fused-ring (bicyclic) bond motifs is 2. The summed E-state index contributed by atoms with van der Waals surface area (Å²) < 4.78 is 25.9. The molecule has 1 aromatic heterocycles. The van der Waals surface area contributed by atoms with E-state index in [0.29, 0.717) is 54.5 Å². The van der Waals surface area contributed by atoms with Crippen molar-refractivity contribution in [1.29, 1.82) is 0 Å². The molecule has 0 amide bonds. The number of halogens is 1. The minimum atomic E-state index is -0.820. The van der Waals surface area contributed by atoms with E-state index in [4.69, 9.17) is 23.9 Å². The van der Waals surface area contributed by atoms with E-state index in [1.54, 1.807) is 31.8 Å². The van der Waals surface area contributed by atoms with Crippen LogP contribution in [0.2, 0.25) is 0 Å². The number of rotatable bonds is 10. The van der Waals surface area contributed by atoms with Gasteiger partial charge in [-0.2, -0.15) is 0 Å². The Balaban J connectivity index is 1.34. The second-order valence-electron chi connectivity index (χ2n) is 11.7. The van der Waals surface area contributed by atoms with Gasteiger partial charge in [0.25, 0.3) is 5.56 Å². The lowest BCUT2D eigenvalue weighted by molar-refractivity contribution is -0.138. The fourth-order valence-corrected chi connectivity index (χ4v) is 7.83. The van der Waals surface area contributed by atoms with Crippen molar-refractivity contribution in [2.45, 2.75) is 19.6 Å². The Morgan fingerprint density at radius 2 is 1.69 bits per heavy atom. The van der Waals surface area contributed by atoms with Gasteiger partial charge in [0.1, 0.15) is 12.4 Å². The number of benzene rings is 5. The average molecular weight is 762 g/mol. The van der Waals surface area contributed by atoms with Crippen LogP contribution in [0.15, 0.2) is 129 Å². The standard InChI is InChI=1S/C41H33BrN2O6S/c1-4-49-40(46)35-36(27-13-6-5-7-14-27)43-41-44(37(35)28-16-11-18-30(23-28)47-2)39(45)34(51-41)22-25-20-32(42)38(33(21-25)48-3)50-24-29-17-10-15-26-12-8-9-19-31(26)29/h5-23,37H,4,24H2,1-3H3/b34-22-/t37-/m1/s1. The minimum Gasteiger partial charge on any atom is -0.497 e. The van der Waals surface area contributed by atoms with Crippen molar-refractivity contribution in [3.63, 3.8) is 0 Å². The van der Waals surface area contributed by atoms with Gasteiger partial charge in [0.05, 0.1) is 47.1 Å². The Labute approximate surface area is 306 Å². The first-order valence-electron chi connectivity index (χ1n) is 16.3. The first-order chi connectivity index (χ1) is 24.9. The Morgan fingerprint density at radius 1 is 0.922 bits per heavy atom. The molecule has 256 valence electrons. The number of methoxy groups -OCH3 is 2. The molecule has 0 unspecified atom stereocenters. The van der Waals surface area contributed by atoms with Gasteiger partial charge in [-0.1, -0.05) is 96.3 Å². The zero-order chi connectivity index (χ0) is 35.5. The summed E-state index contributed by atoms with van der Waals surface area (Å²) in [5, 5.41) is 2.26. The van der Waals surface area contributed by atoms with Gasteiger partial charge in [0, 0.05) is 5.56 Å². The Kier molecular flexibility index (Phi) is 9.87. The van der Waals surface area contributed by atoms with Gasteiger partial charge in [0.2, 0.25) is 0 Å². The molecular formula is C41H33BrN2O6S. The highest BCUT2D eigenvalue weighted by Gasteiger charge is 2.35. The maximum Gasteiger partial charge on any atom is 0.338 e. The summed E-state index contributed by atoms with van der Waals surface area (Å²) in [6.45, 7) is 2.26. The summed E-state index contributed by atoms with van der Waals surface area (Å²) in [6, 6.07) is 34.0. The van der Waals surface area contributed by atoms with Crippen LogP contribution in [0.4, 0.5) is 0 Å².